The number of fused-ring (bicyclic) bond motifs is 3. The Morgan fingerprint density at radius 2 is 1.79 bits per heavy atom. The van der Waals surface area contributed by atoms with E-state index in [1.165, 1.54) is 0 Å². The lowest BCUT2D eigenvalue weighted by molar-refractivity contribution is -0.122. The van der Waals surface area contributed by atoms with E-state index in [1.54, 1.807) is 33.4 Å². The molecule has 3 N–H and O–H groups in total. The van der Waals surface area contributed by atoms with Gasteiger partial charge in [-0.05, 0) is 43.2 Å². The van der Waals surface area contributed by atoms with Crippen LogP contribution in [0.4, 0.5) is 0 Å². The zero-order chi connectivity index (χ0) is 23.4. The summed E-state index contributed by atoms with van der Waals surface area (Å²) in [6.07, 6.45) is 2.25. The van der Waals surface area contributed by atoms with E-state index < -0.39 is 11.9 Å². The summed E-state index contributed by atoms with van der Waals surface area (Å²) in [6, 6.07) is 14.5. The summed E-state index contributed by atoms with van der Waals surface area (Å²) >= 11 is 0. The highest BCUT2D eigenvalue weighted by Gasteiger charge is 2.18. The third-order valence-electron chi connectivity index (χ3n) is 5.52. The van der Waals surface area contributed by atoms with Crippen molar-refractivity contribution >= 4 is 33.6 Å². The molecule has 0 saturated heterocycles. The molecule has 0 radical (unpaired) electrons. The van der Waals surface area contributed by atoms with Crippen LogP contribution in [-0.4, -0.2) is 48.6 Å². The number of hydrogen-bond donors (Lipinski definition) is 3. The Labute approximate surface area is 191 Å². The molecule has 4 aromatic rings. The normalized spacial score (nSPS) is 11.8. The Morgan fingerprint density at radius 1 is 1.00 bits per heavy atom. The molecule has 1 unspecified atom stereocenters. The predicted octanol–water partition coefficient (Wildman–Crippen LogP) is 3.21. The molecule has 0 spiro atoms. The number of aromatic amines is 1. The summed E-state index contributed by atoms with van der Waals surface area (Å²) in [5.74, 6) is 0.629. The Bertz CT molecular complexity index is 1310. The molecular weight excluding hydrogens is 420 g/mol. The van der Waals surface area contributed by atoms with Gasteiger partial charge in [-0.1, -0.05) is 24.3 Å². The van der Waals surface area contributed by atoms with Gasteiger partial charge in [-0.25, -0.2) is 4.98 Å². The molecule has 0 aliphatic rings. The summed E-state index contributed by atoms with van der Waals surface area (Å²) < 4.78 is 10.5. The molecule has 2 aromatic heterocycles. The fraction of sp³-hybridized carbons (Fsp3) is 0.240. The van der Waals surface area contributed by atoms with E-state index in [1.807, 2.05) is 42.5 Å². The quantitative estimate of drug-likeness (QED) is 0.385. The van der Waals surface area contributed by atoms with E-state index in [9.17, 15) is 9.59 Å². The summed E-state index contributed by atoms with van der Waals surface area (Å²) in [4.78, 5) is 32.7. The van der Waals surface area contributed by atoms with Crippen LogP contribution in [0.1, 0.15) is 23.0 Å². The first-order valence-electron chi connectivity index (χ1n) is 10.7. The van der Waals surface area contributed by atoms with Crippen LogP contribution in [0.5, 0.6) is 11.5 Å². The van der Waals surface area contributed by atoms with Crippen molar-refractivity contribution in [3.63, 3.8) is 0 Å². The minimum absolute atomic E-state index is 0.261. The fourth-order valence-corrected chi connectivity index (χ4v) is 3.73. The minimum atomic E-state index is -0.705. The van der Waals surface area contributed by atoms with Crippen LogP contribution in [-0.2, 0) is 11.2 Å². The Balaban J connectivity index is 1.35. The molecule has 0 aliphatic carbocycles. The molecule has 2 aromatic carbocycles. The molecule has 170 valence electrons. The van der Waals surface area contributed by atoms with E-state index in [0.717, 1.165) is 27.4 Å². The van der Waals surface area contributed by atoms with Gasteiger partial charge < -0.3 is 25.1 Å². The molecule has 4 rings (SSSR count). The van der Waals surface area contributed by atoms with Gasteiger partial charge in [0, 0.05) is 22.8 Å². The summed E-state index contributed by atoms with van der Waals surface area (Å²) in [5.41, 5.74) is 3.10. The first kappa shape index (κ1) is 22.1. The number of rotatable bonds is 8. The summed E-state index contributed by atoms with van der Waals surface area (Å²) in [6.45, 7) is 2.07. The van der Waals surface area contributed by atoms with Crippen LogP contribution < -0.4 is 20.1 Å². The maximum Gasteiger partial charge on any atom is 0.270 e. The number of nitrogens with one attached hydrogen (secondary N) is 3. The van der Waals surface area contributed by atoms with Gasteiger partial charge >= 0.3 is 0 Å². The molecule has 33 heavy (non-hydrogen) atoms. The molecule has 0 saturated carbocycles. The van der Waals surface area contributed by atoms with E-state index >= 15 is 0 Å². The Hall–Kier alpha value is -4.07. The van der Waals surface area contributed by atoms with Crippen LogP contribution in [0.2, 0.25) is 0 Å². The standard InChI is InChI=1S/C25H26N4O4/c1-15(24(30)26-11-10-16-8-9-22(32-2)23(12-16)33-3)28-25(31)20-13-18-17-6-4-5-7-19(17)29-21(18)14-27-20/h4-9,12-15,29H,10-11H2,1-3H3,(H,26,30)(H,28,31). The third kappa shape index (κ3) is 4.74. The van der Waals surface area contributed by atoms with Crippen molar-refractivity contribution in [2.24, 2.45) is 0 Å². The number of pyridine rings is 1. The number of para-hydroxylation sites is 1. The molecular formula is C25H26N4O4. The van der Waals surface area contributed by atoms with Crippen molar-refractivity contribution < 1.29 is 19.1 Å². The second-order valence-corrected chi connectivity index (χ2v) is 7.71. The largest absolute Gasteiger partial charge is 0.493 e. The number of ether oxygens (including phenoxy) is 2. The van der Waals surface area contributed by atoms with Gasteiger partial charge in [-0.15, -0.1) is 0 Å². The molecule has 0 fully saturated rings. The molecule has 0 aliphatic heterocycles. The monoisotopic (exact) mass is 446 g/mol. The smallest absolute Gasteiger partial charge is 0.270 e. The highest BCUT2D eigenvalue weighted by atomic mass is 16.5. The van der Waals surface area contributed by atoms with E-state index in [-0.39, 0.29) is 11.6 Å². The zero-order valence-corrected chi connectivity index (χ0v) is 18.8. The number of methoxy groups -OCH3 is 2. The second-order valence-electron chi connectivity index (χ2n) is 7.71. The number of benzene rings is 2. The zero-order valence-electron chi connectivity index (χ0n) is 18.8. The van der Waals surface area contributed by atoms with Crippen molar-refractivity contribution in [2.75, 3.05) is 20.8 Å². The SMILES string of the molecule is COc1ccc(CCNC(=O)C(C)NC(=O)c2cc3c(cn2)[nH]c2ccccc23)cc1OC. The number of H-pyrrole nitrogens is 1. The van der Waals surface area contributed by atoms with E-state index in [2.05, 4.69) is 20.6 Å². The van der Waals surface area contributed by atoms with Gasteiger partial charge in [0.15, 0.2) is 11.5 Å². The van der Waals surface area contributed by atoms with Crippen molar-refractivity contribution in [3.05, 3.63) is 66.0 Å². The minimum Gasteiger partial charge on any atom is -0.493 e. The maximum absolute atomic E-state index is 12.7. The number of hydrogen-bond acceptors (Lipinski definition) is 5. The van der Waals surface area contributed by atoms with Gasteiger partial charge in [0.25, 0.3) is 5.91 Å². The lowest BCUT2D eigenvalue weighted by atomic mass is 10.1. The molecule has 2 amide bonds. The van der Waals surface area contributed by atoms with Crippen LogP contribution >= 0.6 is 0 Å². The molecule has 8 nitrogen and oxygen atoms in total. The lowest BCUT2D eigenvalue weighted by Gasteiger charge is -2.14. The third-order valence-corrected chi connectivity index (χ3v) is 5.52. The highest BCUT2D eigenvalue weighted by molar-refractivity contribution is 6.09. The van der Waals surface area contributed by atoms with Gasteiger partial charge in [-0.3, -0.25) is 9.59 Å². The number of aromatic nitrogens is 2. The summed E-state index contributed by atoms with van der Waals surface area (Å²) in [5, 5.41) is 7.51. The maximum atomic E-state index is 12.7. The number of amides is 2. The van der Waals surface area contributed by atoms with Gasteiger partial charge in [-0.2, -0.15) is 0 Å². The molecule has 1 atom stereocenters. The number of nitrogens with zero attached hydrogens (tertiary/aromatic N) is 1. The fourth-order valence-electron chi connectivity index (χ4n) is 3.73. The average molecular weight is 447 g/mol. The van der Waals surface area contributed by atoms with Gasteiger partial charge in [0.2, 0.25) is 5.91 Å². The molecule has 0 bridgehead atoms. The first-order chi connectivity index (χ1) is 16.0. The molecule has 8 heteroatoms. The van der Waals surface area contributed by atoms with E-state index in [0.29, 0.717) is 24.5 Å². The van der Waals surface area contributed by atoms with Crippen LogP contribution in [0.3, 0.4) is 0 Å². The van der Waals surface area contributed by atoms with Gasteiger partial charge in [0.1, 0.15) is 11.7 Å². The lowest BCUT2D eigenvalue weighted by Crippen LogP contribution is -2.45. The first-order valence-corrected chi connectivity index (χ1v) is 10.7. The van der Waals surface area contributed by atoms with Gasteiger partial charge in [0.05, 0.1) is 25.9 Å². The predicted molar refractivity (Wildman–Crippen MR) is 127 cm³/mol. The second kappa shape index (κ2) is 9.60. The number of carbonyl (C=O) groups excluding carboxylic acids is 2. The topological polar surface area (TPSA) is 105 Å². The van der Waals surface area contributed by atoms with E-state index in [4.69, 9.17) is 9.47 Å². The van der Waals surface area contributed by atoms with Crippen LogP contribution in [0.15, 0.2) is 54.7 Å². The Morgan fingerprint density at radius 3 is 2.58 bits per heavy atom. The van der Waals surface area contributed by atoms with Crippen molar-refractivity contribution in [1.82, 2.24) is 20.6 Å². The average Bonchev–Trinajstić information content (AvgIpc) is 3.21. The molecule has 2 heterocycles. The van der Waals surface area contributed by atoms with Crippen molar-refractivity contribution in [3.8, 4) is 11.5 Å². The van der Waals surface area contributed by atoms with Crippen molar-refractivity contribution in [1.29, 1.82) is 0 Å². The highest BCUT2D eigenvalue weighted by Crippen LogP contribution is 2.27. The Kier molecular flexibility index (Phi) is 6.44. The summed E-state index contributed by atoms with van der Waals surface area (Å²) in [7, 11) is 3.17. The van der Waals surface area contributed by atoms with Crippen molar-refractivity contribution in [2.45, 2.75) is 19.4 Å². The number of carbonyl (C=O) groups is 2. The van der Waals surface area contributed by atoms with Crippen LogP contribution in [0.25, 0.3) is 21.8 Å². The van der Waals surface area contributed by atoms with Crippen LogP contribution in [0, 0.1) is 0 Å².